The van der Waals surface area contributed by atoms with Crippen molar-refractivity contribution in [2.45, 2.75) is 31.7 Å². The van der Waals surface area contributed by atoms with Gasteiger partial charge in [-0.15, -0.1) is 0 Å². The Balaban J connectivity index is 2.14. The maximum Gasteiger partial charge on any atom is 0.246 e. The molecule has 1 aliphatic heterocycles. The van der Waals surface area contributed by atoms with Crippen LogP contribution in [-0.2, 0) is 21.3 Å². The third-order valence-electron chi connectivity index (χ3n) is 3.74. The molecule has 0 radical (unpaired) electrons. The van der Waals surface area contributed by atoms with Crippen LogP contribution < -0.4 is 5.32 Å². The number of nitrogens with one attached hydrogen (secondary N) is 1. The second-order valence-electron chi connectivity index (χ2n) is 5.39. The summed E-state index contributed by atoms with van der Waals surface area (Å²) >= 11 is 0. The van der Waals surface area contributed by atoms with Crippen LogP contribution in [0, 0.1) is 12.8 Å². The van der Waals surface area contributed by atoms with Gasteiger partial charge in [-0.25, -0.2) is 8.42 Å². The average molecular weight is 316 g/mol. The fraction of sp³-hybridized carbons (Fsp3) is 0.714. The van der Waals surface area contributed by atoms with Gasteiger partial charge in [0.05, 0.1) is 13.2 Å². The normalized spacial score (nSPS) is 20.2. The summed E-state index contributed by atoms with van der Waals surface area (Å²) in [6, 6.07) is 1.64. The van der Waals surface area contributed by atoms with Crippen molar-refractivity contribution in [3.63, 3.8) is 0 Å². The molecular formula is C14H24N2O4S. The molecule has 0 amide bonds. The van der Waals surface area contributed by atoms with Crippen LogP contribution in [0.15, 0.2) is 15.4 Å². The van der Waals surface area contributed by atoms with Gasteiger partial charge in [0.2, 0.25) is 10.0 Å². The van der Waals surface area contributed by atoms with Crippen molar-refractivity contribution in [2.75, 3.05) is 33.4 Å². The van der Waals surface area contributed by atoms with Crippen LogP contribution >= 0.6 is 0 Å². The maximum atomic E-state index is 12.7. The Morgan fingerprint density at radius 3 is 2.95 bits per heavy atom. The molecule has 1 unspecified atom stereocenters. The minimum Gasteiger partial charge on any atom is -0.464 e. The lowest BCUT2D eigenvalue weighted by Crippen LogP contribution is -2.29. The molecule has 120 valence electrons. The fourth-order valence-electron chi connectivity index (χ4n) is 2.64. The zero-order chi connectivity index (χ0) is 15.5. The van der Waals surface area contributed by atoms with E-state index in [9.17, 15) is 8.42 Å². The quantitative estimate of drug-likeness (QED) is 0.822. The largest absolute Gasteiger partial charge is 0.464 e. The predicted octanol–water partition coefficient (Wildman–Crippen LogP) is 1.35. The zero-order valence-corrected chi connectivity index (χ0v) is 13.7. The predicted molar refractivity (Wildman–Crippen MR) is 79.6 cm³/mol. The van der Waals surface area contributed by atoms with Crippen molar-refractivity contribution < 1.29 is 17.6 Å². The highest BCUT2D eigenvalue weighted by Gasteiger charge is 2.34. The van der Waals surface area contributed by atoms with E-state index in [1.54, 1.807) is 20.1 Å². The van der Waals surface area contributed by atoms with Gasteiger partial charge in [-0.05, 0) is 25.8 Å². The standard InChI is InChI=1S/C14H24N2O4S/c1-4-15-8-13-7-14(11(2)20-13)21(17,18)16-6-5-12(9-16)10-19-3/h7,12,15H,4-6,8-10H2,1-3H3. The topological polar surface area (TPSA) is 71.8 Å². The summed E-state index contributed by atoms with van der Waals surface area (Å²) in [5.74, 6) is 1.39. The van der Waals surface area contributed by atoms with E-state index in [1.165, 1.54) is 4.31 Å². The van der Waals surface area contributed by atoms with Crippen LogP contribution in [0.1, 0.15) is 24.9 Å². The zero-order valence-electron chi connectivity index (χ0n) is 12.9. The second-order valence-corrected chi connectivity index (χ2v) is 7.29. The van der Waals surface area contributed by atoms with Gasteiger partial charge in [-0.3, -0.25) is 0 Å². The molecule has 1 fully saturated rings. The van der Waals surface area contributed by atoms with Gasteiger partial charge in [0.25, 0.3) is 0 Å². The lowest BCUT2D eigenvalue weighted by atomic mass is 10.1. The Kier molecular flexibility index (Phi) is 5.43. The molecule has 0 saturated carbocycles. The van der Waals surface area contributed by atoms with Crippen molar-refractivity contribution in [2.24, 2.45) is 5.92 Å². The summed E-state index contributed by atoms with van der Waals surface area (Å²) in [7, 11) is -1.83. The van der Waals surface area contributed by atoms with Gasteiger partial charge >= 0.3 is 0 Å². The Morgan fingerprint density at radius 1 is 1.52 bits per heavy atom. The number of hydrogen-bond donors (Lipinski definition) is 1. The minimum atomic E-state index is -3.47. The molecule has 0 aliphatic carbocycles. The molecule has 2 heterocycles. The number of aryl methyl sites for hydroxylation is 1. The molecule has 21 heavy (non-hydrogen) atoms. The third-order valence-corrected chi connectivity index (χ3v) is 5.71. The first kappa shape index (κ1) is 16.5. The van der Waals surface area contributed by atoms with E-state index < -0.39 is 10.0 Å². The number of methoxy groups -OCH3 is 1. The molecule has 1 aliphatic rings. The first-order valence-corrected chi connectivity index (χ1v) is 8.72. The fourth-order valence-corrected chi connectivity index (χ4v) is 4.36. The summed E-state index contributed by atoms with van der Waals surface area (Å²) in [6.45, 7) is 6.71. The first-order chi connectivity index (χ1) is 9.98. The molecule has 1 aromatic heterocycles. The van der Waals surface area contributed by atoms with E-state index in [1.807, 2.05) is 6.92 Å². The molecule has 6 nitrogen and oxygen atoms in total. The maximum absolute atomic E-state index is 12.7. The van der Waals surface area contributed by atoms with Crippen LogP contribution in [0.4, 0.5) is 0 Å². The van der Waals surface area contributed by atoms with Crippen LogP contribution in [0.5, 0.6) is 0 Å². The number of hydrogen-bond acceptors (Lipinski definition) is 5. The van der Waals surface area contributed by atoms with Gasteiger partial charge in [0.1, 0.15) is 16.4 Å². The summed E-state index contributed by atoms with van der Waals surface area (Å²) in [6.07, 6.45) is 0.841. The summed E-state index contributed by atoms with van der Waals surface area (Å²) in [4.78, 5) is 0.286. The summed E-state index contributed by atoms with van der Waals surface area (Å²) in [5.41, 5.74) is 0. The van der Waals surface area contributed by atoms with Gasteiger partial charge in [0, 0.05) is 26.3 Å². The molecule has 1 aromatic rings. The Labute approximate surface area is 126 Å². The summed E-state index contributed by atoms with van der Waals surface area (Å²) in [5, 5.41) is 3.13. The van der Waals surface area contributed by atoms with Crippen molar-refractivity contribution in [1.29, 1.82) is 0 Å². The second kappa shape index (κ2) is 6.91. The lowest BCUT2D eigenvalue weighted by Gasteiger charge is -2.15. The van der Waals surface area contributed by atoms with E-state index in [-0.39, 0.29) is 10.8 Å². The Hall–Kier alpha value is -0.890. The number of sulfonamides is 1. The van der Waals surface area contributed by atoms with Crippen molar-refractivity contribution >= 4 is 10.0 Å². The van der Waals surface area contributed by atoms with Gasteiger partial charge in [-0.1, -0.05) is 6.92 Å². The monoisotopic (exact) mass is 316 g/mol. The van der Waals surface area contributed by atoms with E-state index >= 15 is 0 Å². The molecule has 7 heteroatoms. The van der Waals surface area contributed by atoms with Crippen LogP contribution in [-0.4, -0.2) is 46.1 Å². The smallest absolute Gasteiger partial charge is 0.246 e. The molecule has 2 rings (SSSR count). The molecule has 0 aromatic carbocycles. The number of nitrogens with zero attached hydrogens (tertiary/aromatic N) is 1. The van der Waals surface area contributed by atoms with Crippen LogP contribution in [0.2, 0.25) is 0 Å². The molecule has 1 saturated heterocycles. The van der Waals surface area contributed by atoms with E-state index in [0.717, 1.165) is 13.0 Å². The average Bonchev–Trinajstić information content (AvgIpc) is 3.04. The SMILES string of the molecule is CCNCc1cc(S(=O)(=O)N2CCC(COC)C2)c(C)o1. The minimum absolute atomic E-state index is 0.276. The van der Waals surface area contributed by atoms with E-state index in [2.05, 4.69) is 5.32 Å². The molecule has 0 bridgehead atoms. The Bertz CT molecular complexity index is 568. The summed E-state index contributed by atoms with van der Waals surface area (Å²) < 4.78 is 37.6. The molecular weight excluding hydrogens is 292 g/mol. The van der Waals surface area contributed by atoms with Gasteiger partial charge < -0.3 is 14.5 Å². The number of ether oxygens (including phenoxy) is 1. The number of rotatable bonds is 7. The van der Waals surface area contributed by atoms with Crippen LogP contribution in [0.25, 0.3) is 0 Å². The highest BCUT2D eigenvalue weighted by molar-refractivity contribution is 7.89. The van der Waals surface area contributed by atoms with Crippen molar-refractivity contribution in [1.82, 2.24) is 9.62 Å². The molecule has 1 atom stereocenters. The highest BCUT2D eigenvalue weighted by Crippen LogP contribution is 2.28. The molecule has 0 spiro atoms. The molecule has 1 N–H and O–H groups in total. The Morgan fingerprint density at radius 2 is 2.29 bits per heavy atom. The highest BCUT2D eigenvalue weighted by atomic mass is 32.2. The van der Waals surface area contributed by atoms with Gasteiger partial charge in [0.15, 0.2) is 0 Å². The van der Waals surface area contributed by atoms with Crippen molar-refractivity contribution in [3.05, 3.63) is 17.6 Å². The van der Waals surface area contributed by atoms with Gasteiger partial charge in [-0.2, -0.15) is 4.31 Å². The van der Waals surface area contributed by atoms with Crippen LogP contribution in [0.3, 0.4) is 0 Å². The number of furan rings is 1. The lowest BCUT2D eigenvalue weighted by molar-refractivity contribution is 0.157. The van der Waals surface area contributed by atoms with Crippen molar-refractivity contribution in [3.8, 4) is 0 Å². The van der Waals surface area contributed by atoms with E-state index in [0.29, 0.717) is 37.8 Å². The van der Waals surface area contributed by atoms with E-state index in [4.69, 9.17) is 9.15 Å². The third kappa shape index (κ3) is 3.66. The first-order valence-electron chi connectivity index (χ1n) is 7.28.